The van der Waals surface area contributed by atoms with Gasteiger partial charge in [0.1, 0.15) is 11.9 Å². The molecular weight excluding hydrogens is 386 g/mol. The molecule has 1 aromatic heterocycles. The minimum atomic E-state index is -0.152. The predicted molar refractivity (Wildman–Crippen MR) is 116 cm³/mol. The van der Waals surface area contributed by atoms with Crippen LogP contribution in [-0.2, 0) is 4.74 Å². The summed E-state index contributed by atoms with van der Waals surface area (Å²) in [5.74, 6) is 0.837. The van der Waals surface area contributed by atoms with Gasteiger partial charge in [-0.05, 0) is 31.2 Å². The average molecular weight is 410 g/mol. The van der Waals surface area contributed by atoms with Gasteiger partial charge in [0.15, 0.2) is 5.13 Å². The molecule has 150 valence electrons. The molecule has 2 unspecified atom stereocenters. The number of ether oxygens (including phenoxy) is 2. The van der Waals surface area contributed by atoms with E-state index in [1.165, 1.54) is 0 Å². The van der Waals surface area contributed by atoms with Crippen molar-refractivity contribution < 1.29 is 14.3 Å². The van der Waals surface area contributed by atoms with Crippen molar-refractivity contribution >= 4 is 38.3 Å². The van der Waals surface area contributed by atoms with E-state index in [9.17, 15) is 4.79 Å². The number of fused-ring (bicyclic) bond motifs is 2. The van der Waals surface area contributed by atoms with Gasteiger partial charge in [-0.15, -0.1) is 0 Å². The highest BCUT2D eigenvalue weighted by Crippen LogP contribution is 2.40. The van der Waals surface area contributed by atoms with Crippen LogP contribution in [0.15, 0.2) is 36.4 Å². The monoisotopic (exact) mass is 409 g/mol. The molecule has 1 amide bonds. The second-order valence-electron chi connectivity index (χ2n) is 7.57. The van der Waals surface area contributed by atoms with Crippen LogP contribution in [0.25, 0.3) is 10.2 Å². The van der Waals surface area contributed by atoms with Gasteiger partial charge < -0.3 is 19.7 Å². The highest BCUT2D eigenvalue weighted by Gasteiger charge is 2.31. The minimum Gasteiger partial charge on any atom is -0.489 e. The van der Waals surface area contributed by atoms with Crippen molar-refractivity contribution in [1.29, 1.82) is 0 Å². The van der Waals surface area contributed by atoms with E-state index in [-0.39, 0.29) is 17.9 Å². The maximum absolute atomic E-state index is 13.0. The highest BCUT2D eigenvalue weighted by atomic mass is 32.1. The lowest BCUT2D eigenvalue weighted by atomic mass is 9.97. The SMILES string of the molecule is CC1Oc2c(C(=O)Nc3ccc4nc(N5CCOCC5)sc4c3)cccc2C1C. The Kier molecular flexibility index (Phi) is 4.64. The Hall–Kier alpha value is -2.64. The molecule has 1 N–H and O–H groups in total. The molecule has 5 rings (SSSR count). The summed E-state index contributed by atoms with van der Waals surface area (Å²) in [6.45, 7) is 7.35. The summed E-state index contributed by atoms with van der Waals surface area (Å²) >= 11 is 1.64. The first-order valence-corrected chi connectivity index (χ1v) is 10.8. The van der Waals surface area contributed by atoms with Crippen LogP contribution >= 0.6 is 11.3 Å². The minimum absolute atomic E-state index is 0.0751. The number of hydrogen-bond donors (Lipinski definition) is 1. The van der Waals surface area contributed by atoms with Crippen LogP contribution in [0.3, 0.4) is 0 Å². The number of carbonyl (C=O) groups excluding carboxylic acids is 1. The first kappa shape index (κ1) is 18.4. The Labute approximate surface area is 173 Å². The van der Waals surface area contributed by atoms with Gasteiger partial charge in [0, 0.05) is 30.3 Å². The number of nitrogens with one attached hydrogen (secondary N) is 1. The fourth-order valence-corrected chi connectivity index (χ4v) is 4.90. The zero-order valence-corrected chi connectivity index (χ0v) is 17.3. The Morgan fingerprint density at radius 1 is 1.21 bits per heavy atom. The predicted octanol–water partition coefficient (Wildman–Crippen LogP) is 4.27. The third-order valence-electron chi connectivity index (χ3n) is 5.71. The van der Waals surface area contributed by atoms with E-state index in [4.69, 9.17) is 14.5 Å². The molecule has 0 saturated carbocycles. The molecule has 1 fully saturated rings. The van der Waals surface area contributed by atoms with Crippen molar-refractivity contribution in [2.24, 2.45) is 0 Å². The van der Waals surface area contributed by atoms with Crippen LogP contribution in [-0.4, -0.2) is 43.3 Å². The van der Waals surface area contributed by atoms with Crippen LogP contribution in [0.4, 0.5) is 10.8 Å². The maximum Gasteiger partial charge on any atom is 0.259 e. The summed E-state index contributed by atoms with van der Waals surface area (Å²) in [7, 11) is 0. The second-order valence-corrected chi connectivity index (χ2v) is 8.58. The zero-order valence-electron chi connectivity index (χ0n) is 16.5. The van der Waals surface area contributed by atoms with Crippen LogP contribution in [0.1, 0.15) is 35.7 Å². The number of nitrogens with zero attached hydrogens (tertiary/aromatic N) is 2. The standard InChI is InChI=1S/C22H23N3O3S/c1-13-14(2)28-20-16(13)4-3-5-17(20)21(26)23-15-6-7-18-19(12-15)29-22(24-18)25-8-10-27-11-9-25/h3-7,12-14H,8-11H2,1-2H3,(H,23,26). The maximum atomic E-state index is 13.0. The van der Waals surface area contributed by atoms with Crippen molar-refractivity contribution in [3.05, 3.63) is 47.5 Å². The first-order valence-electron chi connectivity index (χ1n) is 9.94. The van der Waals surface area contributed by atoms with Gasteiger partial charge in [0.05, 0.1) is 29.0 Å². The molecule has 0 radical (unpaired) electrons. The fourth-order valence-electron chi connectivity index (χ4n) is 3.84. The zero-order chi connectivity index (χ0) is 20.0. The topological polar surface area (TPSA) is 63.7 Å². The molecule has 0 aliphatic carbocycles. The van der Waals surface area contributed by atoms with Gasteiger partial charge in [-0.1, -0.05) is 30.4 Å². The lowest BCUT2D eigenvalue weighted by molar-refractivity contribution is 0.102. The third kappa shape index (κ3) is 3.34. The third-order valence-corrected chi connectivity index (χ3v) is 6.78. The quantitative estimate of drug-likeness (QED) is 0.700. The van der Waals surface area contributed by atoms with E-state index >= 15 is 0 Å². The molecule has 0 bridgehead atoms. The Morgan fingerprint density at radius 2 is 2.03 bits per heavy atom. The number of benzene rings is 2. The van der Waals surface area contributed by atoms with Crippen LogP contribution < -0.4 is 15.0 Å². The van der Waals surface area contributed by atoms with Gasteiger partial charge in [-0.3, -0.25) is 4.79 Å². The summed E-state index contributed by atoms with van der Waals surface area (Å²) in [5.41, 5.74) is 3.38. The molecule has 2 atom stereocenters. The fraction of sp³-hybridized carbons (Fsp3) is 0.364. The van der Waals surface area contributed by atoms with E-state index in [1.807, 2.05) is 43.3 Å². The van der Waals surface area contributed by atoms with Crippen LogP contribution in [0.2, 0.25) is 0 Å². The van der Waals surface area contributed by atoms with Crippen LogP contribution in [0.5, 0.6) is 5.75 Å². The number of aromatic nitrogens is 1. The molecule has 2 aliphatic rings. The number of anilines is 2. The Bertz CT molecular complexity index is 1070. The lowest BCUT2D eigenvalue weighted by Gasteiger charge is -2.25. The molecule has 0 spiro atoms. The largest absolute Gasteiger partial charge is 0.489 e. The molecule has 2 aliphatic heterocycles. The number of carbonyl (C=O) groups is 1. The Balaban J connectivity index is 1.39. The van der Waals surface area contributed by atoms with Gasteiger partial charge in [-0.2, -0.15) is 0 Å². The van der Waals surface area contributed by atoms with Crippen molar-refractivity contribution in [2.45, 2.75) is 25.9 Å². The van der Waals surface area contributed by atoms with Gasteiger partial charge in [-0.25, -0.2) is 4.98 Å². The summed E-state index contributed by atoms with van der Waals surface area (Å²) in [6.07, 6.45) is 0.0751. The molecular formula is C22H23N3O3S. The van der Waals surface area contributed by atoms with Gasteiger partial charge in [0.2, 0.25) is 0 Å². The molecule has 2 aromatic carbocycles. The molecule has 3 heterocycles. The summed E-state index contributed by atoms with van der Waals surface area (Å²) < 4.78 is 12.4. The van der Waals surface area contributed by atoms with E-state index in [0.717, 1.165) is 52.9 Å². The van der Waals surface area contributed by atoms with Crippen molar-refractivity contribution in [3.8, 4) is 5.75 Å². The summed E-state index contributed by atoms with van der Waals surface area (Å²) in [6, 6.07) is 11.6. The molecule has 7 heteroatoms. The van der Waals surface area contributed by atoms with E-state index < -0.39 is 0 Å². The van der Waals surface area contributed by atoms with Crippen LogP contribution in [0, 0.1) is 0 Å². The molecule has 3 aromatic rings. The van der Waals surface area contributed by atoms with E-state index in [0.29, 0.717) is 11.3 Å². The number of rotatable bonds is 3. The van der Waals surface area contributed by atoms with Crippen molar-refractivity contribution in [1.82, 2.24) is 4.98 Å². The number of morpholine rings is 1. The number of para-hydroxylation sites is 1. The summed E-state index contributed by atoms with van der Waals surface area (Å²) in [5, 5.41) is 4.03. The summed E-state index contributed by atoms with van der Waals surface area (Å²) in [4.78, 5) is 19.9. The molecule has 1 saturated heterocycles. The second kappa shape index (κ2) is 7.31. The molecule has 6 nitrogen and oxygen atoms in total. The first-order chi connectivity index (χ1) is 14.1. The lowest BCUT2D eigenvalue weighted by Crippen LogP contribution is -2.36. The van der Waals surface area contributed by atoms with Crippen molar-refractivity contribution in [3.63, 3.8) is 0 Å². The van der Waals surface area contributed by atoms with Gasteiger partial charge in [0.25, 0.3) is 5.91 Å². The molecule has 29 heavy (non-hydrogen) atoms. The van der Waals surface area contributed by atoms with E-state index in [1.54, 1.807) is 11.3 Å². The number of hydrogen-bond acceptors (Lipinski definition) is 6. The smallest absolute Gasteiger partial charge is 0.259 e. The van der Waals surface area contributed by atoms with Crippen molar-refractivity contribution in [2.75, 3.05) is 36.5 Å². The average Bonchev–Trinajstić information content (AvgIpc) is 3.29. The number of thiazole rings is 1. The Morgan fingerprint density at radius 3 is 2.86 bits per heavy atom. The normalized spacial score (nSPS) is 21.1. The highest BCUT2D eigenvalue weighted by molar-refractivity contribution is 7.22. The van der Waals surface area contributed by atoms with Gasteiger partial charge >= 0.3 is 0 Å². The number of amides is 1. The van der Waals surface area contributed by atoms with E-state index in [2.05, 4.69) is 17.1 Å².